The molecule has 0 aliphatic heterocycles. The number of aliphatic hydroxyl groups excluding tert-OH is 1. The summed E-state index contributed by atoms with van der Waals surface area (Å²) in [5.74, 6) is -0.0101. The molecule has 2 unspecified atom stereocenters. The number of fused-ring (bicyclic) bond motifs is 1. The van der Waals surface area contributed by atoms with Crippen LogP contribution in [-0.4, -0.2) is 18.4 Å². The topological polar surface area (TPSA) is 42.4 Å². The normalized spacial score (nSPS) is 19.4. The molecule has 3 rings (SSSR count). The van der Waals surface area contributed by atoms with Gasteiger partial charge in [0.05, 0.1) is 17.4 Å². The maximum atomic E-state index is 13.4. The summed E-state index contributed by atoms with van der Waals surface area (Å²) in [6.07, 6.45) is -4.28. The van der Waals surface area contributed by atoms with E-state index in [0.29, 0.717) is 5.56 Å². The molecule has 200 valence electrons. The Morgan fingerprint density at radius 2 is 1.78 bits per heavy atom. The molecule has 1 aliphatic rings. The van der Waals surface area contributed by atoms with E-state index < -0.39 is 26.2 Å². The van der Waals surface area contributed by atoms with Gasteiger partial charge < -0.3 is 9.53 Å². The lowest BCUT2D eigenvalue weighted by Crippen LogP contribution is -2.44. The monoisotopic (exact) mass is 633 g/mol. The molecule has 3 nitrogen and oxygen atoms in total. The number of nitrogens with zero attached hydrogens (tertiary/aromatic N) is 1. The number of aliphatic hydroxyl groups is 1. The predicted octanol–water partition coefficient (Wildman–Crippen LogP) is 8.95. The van der Waals surface area contributed by atoms with Gasteiger partial charge in [0.1, 0.15) is 6.10 Å². The van der Waals surface area contributed by atoms with Crippen molar-refractivity contribution in [2.75, 3.05) is 0 Å². The van der Waals surface area contributed by atoms with Crippen molar-refractivity contribution in [1.82, 2.24) is 4.98 Å². The Hall–Kier alpha value is -0.973. The first-order valence-electron chi connectivity index (χ1n) is 12.5. The van der Waals surface area contributed by atoms with Crippen molar-refractivity contribution < 1.29 is 22.7 Å². The molecule has 0 amide bonds. The molecule has 0 saturated carbocycles. The summed E-state index contributed by atoms with van der Waals surface area (Å²) >= 11 is 2.26. The third kappa shape index (κ3) is 6.02. The lowest BCUT2D eigenvalue weighted by molar-refractivity contribution is -0.137. The first-order valence-corrected chi connectivity index (χ1v) is 16.5. The van der Waals surface area contributed by atoms with E-state index in [9.17, 15) is 18.3 Å². The van der Waals surface area contributed by atoms with Crippen LogP contribution in [0.25, 0.3) is 0 Å². The predicted molar refractivity (Wildman–Crippen MR) is 150 cm³/mol. The van der Waals surface area contributed by atoms with Gasteiger partial charge in [0.25, 0.3) is 0 Å². The molecule has 0 fully saturated rings. The molecule has 0 saturated heterocycles. The maximum Gasteiger partial charge on any atom is 0.416 e. The van der Waals surface area contributed by atoms with Crippen molar-refractivity contribution >= 4 is 30.9 Å². The van der Waals surface area contributed by atoms with Gasteiger partial charge in [-0.1, -0.05) is 60.6 Å². The van der Waals surface area contributed by atoms with Gasteiger partial charge in [0.2, 0.25) is 0 Å². The van der Waals surface area contributed by atoms with Gasteiger partial charge in [0.15, 0.2) is 8.32 Å². The minimum Gasteiger partial charge on any atom is -0.410 e. The fraction of sp³-hybridized carbons (Fsp3) is 0.607. The third-order valence-corrected chi connectivity index (χ3v) is 13.3. The Labute approximate surface area is 228 Å². The summed E-state index contributed by atoms with van der Waals surface area (Å²) in [5, 5.41) is 11.5. The standard InChI is InChI=1S/C28H39F3INO2Si/c1-16(2)24-22(25(34)17-11-10-12-18(13-17)28(29,30)31)23(32)21-19(33-24)14-27(6,7)15-20(21)35-36(8,9)26(3,4)5/h10-13,16,20,25,34H,14-15H2,1-9H3. The Balaban J connectivity index is 2.22. The van der Waals surface area contributed by atoms with E-state index in [4.69, 9.17) is 9.41 Å². The second-order valence-electron chi connectivity index (χ2n) is 12.7. The van der Waals surface area contributed by atoms with Gasteiger partial charge in [-0.25, -0.2) is 0 Å². The number of aromatic nitrogens is 1. The molecule has 1 aliphatic carbocycles. The average molecular weight is 634 g/mol. The zero-order valence-corrected chi connectivity index (χ0v) is 25.9. The highest BCUT2D eigenvalue weighted by Crippen LogP contribution is 2.50. The number of benzene rings is 1. The summed E-state index contributed by atoms with van der Waals surface area (Å²) < 4.78 is 48.1. The fourth-order valence-corrected chi connectivity index (χ4v) is 7.12. The van der Waals surface area contributed by atoms with E-state index in [1.54, 1.807) is 6.07 Å². The summed E-state index contributed by atoms with van der Waals surface area (Å²) in [6, 6.07) is 4.96. The van der Waals surface area contributed by atoms with Crippen molar-refractivity contribution in [3.8, 4) is 0 Å². The molecule has 1 aromatic heterocycles. The Bertz CT molecular complexity index is 1120. The van der Waals surface area contributed by atoms with Gasteiger partial charge in [-0.15, -0.1) is 0 Å². The average Bonchev–Trinajstić information content (AvgIpc) is 2.70. The zero-order valence-electron chi connectivity index (χ0n) is 22.8. The van der Waals surface area contributed by atoms with Crippen LogP contribution in [0.2, 0.25) is 18.1 Å². The molecule has 1 heterocycles. The SMILES string of the molecule is CC(C)c1nc2c(c(I)c1C(O)c1cccc(C(F)(F)F)c1)C(O[Si](C)(C)C(C)(C)C)CC(C)(C)C2. The van der Waals surface area contributed by atoms with E-state index in [1.807, 2.05) is 13.8 Å². The van der Waals surface area contributed by atoms with E-state index in [1.165, 1.54) is 6.07 Å². The quantitative estimate of drug-likeness (QED) is 0.264. The number of hydrogen-bond donors (Lipinski definition) is 1. The van der Waals surface area contributed by atoms with Crippen LogP contribution in [0.3, 0.4) is 0 Å². The van der Waals surface area contributed by atoms with Gasteiger partial charge in [0, 0.05) is 20.4 Å². The van der Waals surface area contributed by atoms with E-state index in [2.05, 4.69) is 70.3 Å². The number of pyridine rings is 1. The highest BCUT2D eigenvalue weighted by Gasteiger charge is 2.44. The van der Waals surface area contributed by atoms with Crippen LogP contribution < -0.4 is 0 Å². The van der Waals surface area contributed by atoms with Gasteiger partial charge in [-0.3, -0.25) is 4.98 Å². The molecule has 1 N–H and O–H groups in total. The Kier molecular flexibility index (Phi) is 8.19. The number of rotatable bonds is 5. The third-order valence-electron chi connectivity index (χ3n) is 7.61. The zero-order chi connectivity index (χ0) is 27.4. The maximum absolute atomic E-state index is 13.4. The number of halogens is 4. The minimum absolute atomic E-state index is 0.00840. The van der Waals surface area contributed by atoms with Crippen LogP contribution in [0.5, 0.6) is 0 Å². The largest absolute Gasteiger partial charge is 0.416 e. The highest BCUT2D eigenvalue weighted by molar-refractivity contribution is 14.1. The summed E-state index contributed by atoms with van der Waals surface area (Å²) in [5.41, 5.74) is 2.72. The second kappa shape index (κ2) is 9.97. The lowest BCUT2D eigenvalue weighted by Gasteiger charge is -2.44. The fourth-order valence-electron chi connectivity index (χ4n) is 4.63. The van der Waals surface area contributed by atoms with Crippen LogP contribution in [0.4, 0.5) is 13.2 Å². The van der Waals surface area contributed by atoms with Crippen LogP contribution >= 0.6 is 22.6 Å². The van der Waals surface area contributed by atoms with Crippen molar-refractivity contribution in [3.63, 3.8) is 0 Å². The van der Waals surface area contributed by atoms with Gasteiger partial charge in [-0.2, -0.15) is 13.2 Å². The first-order chi connectivity index (χ1) is 16.2. The Morgan fingerprint density at radius 1 is 1.17 bits per heavy atom. The molecule has 1 aromatic carbocycles. The molecular weight excluding hydrogens is 594 g/mol. The molecule has 0 bridgehead atoms. The van der Waals surface area contributed by atoms with Gasteiger partial charge >= 0.3 is 6.18 Å². The Morgan fingerprint density at radius 3 is 2.31 bits per heavy atom. The van der Waals surface area contributed by atoms with E-state index in [-0.39, 0.29) is 28.0 Å². The summed E-state index contributed by atoms with van der Waals surface area (Å²) in [6.45, 7) is 19.6. The molecule has 36 heavy (non-hydrogen) atoms. The molecule has 2 atom stereocenters. The molecular formula is C28H39F3INO2Si. The van der Waals surface area contributed by atoms with Gasteiger partial charge in [-0.05, 0) is 82.6 Å². The van der Waals surface area contributed by atoms with Crippen LogP contribution in [-0.2, 0) is 17.0 Å². The molecule has 2 aromatic rings. The second-order valence-corrected chi connectivity index (χ2v) is 18.5. The van der Waals surface area contributed by atoms with Crippen molar-refractivity contribution in [2.45, 2.75) is 104 Å². The first kappa shape index (κ1) is 29.6. The van der Waals surface area contributed by atoms with E-state index in [0.717, 1.165) is 45.5 Å². The van der Waals surface area contributed by atoms with Crippen molar-refractivity contribution in [3.05, 3.63) is 61.5 Å². The van der Waals surface area contributed by atoms with E-state index >= 15 is 0 Å². The molecule has 8 heteroatoms. The van der Waals surface area contributed by atoms with Crippen molar-refractivity contribution in [2.24, 2.45) is 5.41 Å². The van der Waals surface area contributed by atoms with Crippen LogP contribution in [0.1, 0.15) is 107 Å². The minimum atomic E-state index is -4.48. The van der Waals surface area contributed by atoms with Crippen LogP contribution in [0.15, 0.2) is 24.3 Å². The molecule has 0 spiro atoms. The van der Waals surface area contributed by atoms with Crippen LogP contribution in [0, 0.1) is 8.99 Å². The number of alkyl halides is 3. The molecule has 0 radical (unpaired) electrons. The number of hydrogen-bond acceptors (Lipinski definition) is 3. The summed E-state index contributed by atoms with van der Waals surface area (Å²) in [7, 11) is -2.14. The highest BCUT2D eigenvalue weighted by atomic mass is 127. The van der Waals surface area contributed by atoms with Crippen molar-refractivity contribution in [1.29, 1.82) is 0 Å². The lowest BCUT2D eigenvalue weighted by atomic mass is 9.74. The summed E-state index contributed by atoms with van der Waals surface area (Å²) in [4.78, 5) is 5.08. The smallest absolute Gasteiger partial charge is 0.410 e.